The van der Waals surface area contributed by atoms with Crippen LogP contribution >= 0.6 is 15.9 Å². The van der Waals surface area contributed by atoms with Gasteiger partial charge in [-0.2, -0.15) is 13.2 Å². The molecule has 3 rings (SSSR count). The first kappa shape index (κ1) is 14.1. The molecule has 0 atom stereocenters. The smallest absolute Gasteiger partial charge is 0.338 e. The lowest BCUT2D eigenvalue weighted by molar-refractivity contribution is -0.139. The summed E-state index contributed by atoms with van der Waals surface area (Å²) >= 11 is 2.97. The highest BCUT2D eigenvalue weighted by molar-refractivity contribution is 9.10. The molecule has 0 bridgehead atoms. The molecular weight excluding hydrogens is 352 g/mol. The molecule has 108 valence electrons. The van der Waals surface area contributed by atoms with Gasteiger partial charge in [-0.15, -0.1) is 0 Å². The van der Waals surface area contributed by atoms with Crippen LogP contribution in [0.2, 0.25) is 0 Å². The molecule has 1 aromatic heterocycles. The van der Waals surface area contributed by atoms with E-state index in [2.05, 4.69) is 25.9 Å². The fourth-order valence-electron chi connectivity index (χ4n) is 2.05. The zero-order valence-corrected chi connectivity index (χ0v) is 11.9. The fourth-order valence-corrected chi connectivity index (χ4v) is 2.51. The molecule has 0 aliphatic carbocycles. The van der Waals surface area contributed by atoms with E-state index in [1.165, 1.54) is 6.07 Å². The first-order valence-electron chi connectivity index (χ1n) is 5.87. The van der Waals surface area contributed by atoms with Crippen molar-refractivity contribution in [3.63, 3.8) is 0 Å². The van der Waals surface area contributed by atoms with Crippen LogP contribution in [0.25, 0.3) is 22.4 Å². The van der Waals surface area contributed by atoms with Crippen LogP contribution in [0.1, 0.15) is 5.56 Å². The van der Waals surface area contributed by atoms with Crippen LogP contribution < -0.4 is 0 Å². The number of nitrogens with zero attached hydrogens (tertiary/aromatic N) is 1. The highest BCUT2D eigenvalue weighted by Crippen LogP contribution is 2.37. The summed E-state index contributed by atoms with van der Waals surface area (Å²) in [4.78, 5) is 6.94. The molecule has 1 heterocycles. The van der Waals surface area contributed by atoms with Gasteiger partial charge in [0.05, 0.1) is 22.2 Å². The van der Waals surface area contributed by atoms with E-state index in [1.807, 2.05) is 0 Å². The molecule has 2 aromatic carbocycles. The van der Waals surface area contributed by atoms with Crippen molar-refractivity contribution in [2.24, 2.45) is 0 Å². The molecule has 0 aliphatic heterocycles. The normalized spacial score (nSPS) is 12.0. The minimum atomic E-state index is -4.77. The van der Waals surface area contributed by atoms with Gasteiger partial charge in [0.15, 0.2) is 0 Å². The Balaban J connectivity index is 2.24. The Morgan fingerprint density at radius 2 is 1.81 bits per heavy atom. The molecule has 3 aromatic rings. The lowest BCUT2D eigenvalue weighted by Crippen LogP contribution is -2.09. The number of hydrogen-bond donors (Lipinski definition) is 1. The van der Waals surface area contributed by atoms with Crippen LogP contribution in [0.3, 0.4) is 0 Å². The number of alkyl halides is 3. The van der Waals surface area contributed by atoms with Crippen LogP contribution in [-0.2, 0) is 6.18 Å². The monoisotopic (exact) mass is 358 g/mol. The summed E-state index contributed by atoms with van der Waals surface area (Å²) in [5.41, 5.74) is -0.374. The number of halogens is 5. The maximum absolute atomic E-state index is 14.2. The SMILES string of the molecule is Fc1c(-c2nc3ccccc3[nH]2)cc(Br)cc1C(F)(F)F. The van der Waals surface area contributed by atoms with Gasteiger partial charge in [-0.25, -0.2) is 9.37 Å². The number of aromatic nitrogens is 2. The number of fused-ring (bicyclic) bond motifs is 1. The maximum atomic E-state index is 14.2. The van der Waals surface area contributed by atoms with Crippen molar-refractivity contribution >= 4 is 27.0 Å². The number of hydrogen-bond acceptors (Lipinski definition) is 1. The van der Waals surface area contributed by atoms with Crippen molar-refractivity contribution < 1.29 is 17.6 Å². The van der Waals surface area contributed by atoms with Gasteiger partial charge in [0.25, 0.3) is 0 Å². The summed E-state index contributed by atoms with van der Waals surface area (Å²) in [5.74, 6) is -1.29. The summed E-state index contributed by atoms with van der Waals surface area (Å²) < 4.78 is 52.8. The highest BCUT2D eigenvalue weighted by atomic mass is 79.9. The molecule has 0 unspecified atom stereocenters. The third-order valence-corrected chi connectivity index (χ3v) is 3.45. The molecule has 0 radical (unpaired) electrons. The van der Waals surface area contributed by atoms with Crippen LogP contribution in [0.4, 0.5) is 17.6 Å². The van der Waals surface area contributed by atoms with Crippen LogP contribution in [-0.4, -0.2) is 9.97 Å². The first-order valence-corrected chi connectivity index (χ1v) is 6.67. The molecule has 0 saturated heterocycles. The number of H-pyrrole nitrogens is 1. The van der Waals surface area contributed by atoms with Gasteiger partial charge in [-0.1, -0.05) is 28.1 Å². The van der Waals surface area contributed by atoms with E-state index >= 15 is 0 Å². The van der Waals surface area contributed by atoms with Crippen molar-refractivity contribution in [1.29, 1.82) is 0 Å². The summed E-state index contributed by atoms with van der Waals surface area (Å²) in [5, 5.41) is 0. The second-order valence-electron chi connectivity index (χ2n) is 4.42. The number of rotatable bonds is 1. The molecule has 1 N–H and O–H groups in total. The van der Waals surface area contributed by atoms with Gasteiger partial charge in [0, 0.05) is 4.47 Å². The summed E-state index contributed by atoms with van der Waals surface area (Å²) in [6, 6.07) is 8.88. The predicted molar refractivity (Wildman–Crippen MR) is 74.2 cm³/mol. The molecule has 21 heavy (non-hydrogen) atoms. The lowest BCUT2D eigenvalue weighted by atomic mass is 10.1. The molecule has 0 fully saturated rings. The average Bonchev–Trinajstić information content (AvgIpc) is 2.83. The molecule has 0 saturated carbocycles. The number of aromatic amines is 1. The van der Waals surface area contributed by atoms with Gasteiger partial charge >= 0.3 is 6.18 Å². The van der Waals surface area contributed by atoms with Crippen LogP contribution in [0.15, 0.2) is 40.9 Å². The van der Waals surface area contributed by atoms with Crippen LogP contribution in [0, 0.1) is 5.82 Å². The fraction of sp³-hybridized carbons (Fsp3) is 0.0714. The molecule has 0 aliphatic rings. The maximum Gasteiger partial charge on any atom is 0.419 e. The molecule has 7 heteroatoms. The molecular formula is C14H7BrF4N2. The standard InChI is InChI=1S/C14H7BrF4N2/c15-7-5-8(12(16)9(6-7)14(17,18)19)13-20-10-3-1-2-4-11(10)21-13/h1-6H,(H,20,21). The van der Waals surface area contributed by atoms with Gasteiger partial charge in [-0.05, 0) is 24.3 Å². The number of imidazole rings is 1. The van der Waals surface area contributed by atoms with Crippen molar-refractivity contribution in [3.05, 3.63) is 52.3 Å². The first-order chi connectivity index (χ1) is 9.86. The Hall–Kier alpha value is -1.89. The third kappa shape index (κ3) is 2.53. The Morgan fingerprint density at radius 3 is 2.48 bits per heavy atom. The molecule has 2 nitrogen and oxygen atoms in total. The number of benzene rings is 2. The zero-order valence-electron chi connectivity index (χ0n) is 10.3. The van der Waals surface area contributed by atoms with Crippen molar-refractivity contribution in [3.8, 4) is 11.4 Å². The second kappa shape index (κ2) is 4.84. The van der Waals surface area contributed by atoms with Gasteiger partial charge in [-0.3, -0.25) is 0 Å². The largest absolute Gasteiger partial charge is 0.419 e. The van der Waals surface area contributed by atoms with Gasteiger partial charge < -0.3 is 4.98 Å². The topological polar surface area (TPSA) is 28.7 Å². The van der Waals surface area contributed by atoms with E-state index in [9.17, 15) is 17.6 Å². The molecule has 0 spiro atoms. The van der Waals surface area contributed by atoms with E-state index in [4.69, 9.17) is 0 Å². The van der Waals surface area contributed by atoms with E-state index in [0.717, 1.165) is 0 Å². The van der Waals surface area contributed by atoms with Gasteiger partial charge in [0.2, 0.25) is 0 Å². The van der Waals surface area contributed by atoms with Crippen molar-refractivity contribution in [2.45, 2.75) is 6.18 Å². The van der Waals surface area contributed by atoms with E-state index in [0.29, 0.717) is 17.1 Å². The van der Waals surface area contributed by atoms with Crippen LogP contribution in [0.5, 0.6) is 0 Å². The summed E-state index contributed by atoms with van der Waals surface area (Å²) in [7, 11) is 0. The third-order valence-electron chi connectivity index (χ3n) is 2.99. The Morgan fingerprint density at radius 1 is 1.10 bits per heavy atom. The Bertz CT molecular complexity index is 790. The zero-order chi connectivity index (χ0) is 15.2. The van der Waals surface area contributed by atoms with E-state index in [1.54, 1.807) is 24.3 Å². The van der Waals surface area contributed by atoms with E-state index in [-0.39, 0.29) is 15.9 Å². The predicted octanol–water partition coefficient (Wildman–Crippen LogP) is 5.15. The minimum absolute atomic E-state index is 0.0560. The van der Waals surface area contributed by atoms with Crippen molar-refractivity contribution in [2.75, 3.05) is 0 Å². The van der Waals surface area contributed by atoms with E-state index < -0.39 is 17.6 Å². The second-order valence-corrected chi connectivity index (χ2v) is 5.33. The summed E-state index contributed by atoms with van der Waals surface area (Å²) in [6.45, 7) is 0. The van der Waals surface area contributed by atoms with Crippen molar-refractivity contribution in [1.82, 2.24) is 9.97 Å². The number of nitrogens with one attached hydrogen (secondary N) is 1. The Kier molecular flexibility index (Phi) is 3.24. The highest BCUT2D eigenvalue weighted by Gasteiger charge is 2.36. The minimum Gasteiger partial charge on any atom is -0.338 e. The quantitative estimate of drug-likeness (QED) is 0.598. The average molecular weight is 359 g/mol. The lowest BCUT2D eigenvalue weighted by Gasteiger charge is -2.11. The Labute approximate surface area is 124 Å². The number of para-hydroxylation sites is 2. The molecule has 0 amide bonds. The summed E-state index contributed by atoms with van der Waals surface area (Å²) in [6.07, 6.45) is -4.77. The van der Waals surface area contributed by atoms with Gasteiger partial charge in [0.1, 0.15) is 11.6 Å².